The molecule has 28 heavy (non-hydrogen) atoms. The van der Waals surface area contributed by atoms with Gasteiger partial charge in [-0.25, -0.2) is 4.98 Å². The minimum absolute atomic E-state index is 0.0374. The summed E-state index contributed by atoms with van der Waals surface area (Å²) in [6.45, 7) is 2.97. The minimum Gasteiger partial charge on any atom is -0.469 e. The molecular weight excluding hydrogens is 376 g/mol. The summed E-state index contributed by atoms with van der Waals surface area (Å²) >= 11 is 1.59. The van der Waals surface area contributed by atoms with E-state index < -0.39 is 0 Å². The van der Waals surface area contributed by atoms with Gasteiger partial charge in [0.25, 0.3) is 5.91 Å². The Labute approximate surface area is 166 Å². The number of esters is 1. The number of fused-ring (bicyclic) bond motifs is 1. The van der Waals surface area contributed by atoms with Crippen molar-refractivity contribution < 1.29 is 14.3 Å². The number of nitrogens with zero attached hydrogens (tertiary/aromatic N) is 4. The molecule has 0 N–H and O–H groups in total. The maximum atomic E-state index is 13.4. The highest BCUT2D eigenvalue weighted by Crippen LogP contribution is 2.31. The van der Waals surface area contributed by atoms with Gasteiger partial charge in [-0.3, -0.25) is 14.3 Å². The lowest BCUT2D eigenvalue weighted by Gasteiger charge is -2.31. The van der Waals surface area contributed by atoms with Crippen LogP contribution in [0.25, 0.3) is 21.6 Å². The second-order valence-corrected chi connectivity index (χ2v) is 7.98. The second-order valence-electron chi connectivity index (χ2n) is 7.03. The Kier molecular flexibility index (Phi) is 4.89. The molecule has 146 valence electrons. The highest BCUT2D eigenvalue weighted by molar-refractivity contribution is 7.13. The van der Waals surface area contributed by atoms with Crippen molar-refractivity contribution in [1.82, 2.24) is 19.7 Å². The van der Waals surface area contributed by atoms with E-state index in [4.69, 9.17) is 9.72 Å². The van der Waals surface area contributed by atoms with Crippen molar-refractivity contribution in [3.05, 3.63) is 34.8 Å². The predicted octanol–water partition coefficient (Wildman–Crippen LogP) is 3.03. The highest BCUT2D eigenvalue weighted by atomic mass is 32.1. The zero-order valence-corrected chi connectivity index (χ0v) is 17.0. The van der Waals surface area contributed by atoms with Gasteiger partial charge in [-0.2, -0.15) is 5.10 Å². The molecule has 0 saturated carbocycles. The average Bonchev–Trinajstić information content (AvgIpc) is 3.35. The van der Waals surface area contributed by atoms with Gasteiger partial charge in [0.05, 0.1) is 40.2 Å². The molecule has 0 spiro atoms. The van der Waals surface area contributed by atoms with Gasteiger partial charge < -0.3 is 9.64 Å². The van der Waals surface area contributed by atoms with Crippen molar-refractivity contribution in [1.29, 1.82) is 0 Å². The number of ether oxygens (including phenoxy) is 1. The number of amides is 1. The second kappa shape index (κ2) is 7.35. The Morgan fingerprint density at radius 2 is 2.04 bits per heavy atom. The summed E-state index contributed by atoms with van der Waals surface area (Å²) in [5.74, 6) is -0.362. The standard InChI is InChI=1S/C20H22N4O3S/c1-12-17-14(19(25)24-8-6-13(7-9-24)20(26)27-3)11-15(16-5-4-10-28-16)21-18(17)23(2)22-12/h4-5,10-11,13H,6-9H2,1-3H3. The number of carbonyl (C=O) groups excluding carboxylic acids is 2. The molecule has 0 aliphatic carbocycles. The molecule has 3 aromatic rings. The number of rotatable bonds is 3. The average molecular weight is 398 g/mol. The maximum Gasteiger partial charge on any atom is 0.308 e. The molecule has 0 unspecified atom stereocenters. The molecule has 0 atom stereocenters. The van der Waals surface area contributed by atoms with Crippen LogP contribution in [0, 0.1) is 12.8 Å². The number of thiophene rings is 1. The predicted molar refractivity (Wildman–Crippen MR) is 107 cm³/mol. The molecule has 0 aromatic carbocycles. The van der Waals surface area contributed by atoms with Crippen LogP contribution in [0.2, 0.25) is 0 Å². The van der Waals surface area contributed by atoms with Gasteiger partial charge in [-0.1, -0.05) is 6.07 Å². The number of hydrogen-bond donors (Lipinski definition) is 0. The topological polar surface area (TPSA) is 77.3 Å². The van der Waals surface area contributed by atoms with E-state index in [0.29, 0.717) is 37.1 Å². The first kappa shape index (κ1) is 18.6. The summed E-state index contributed by atoms with van der Waals surface area (Å²) in [5.41, 5.74) is 2.89. The number of methoxy groups -OCH3 is 1. The van der Waals surface area contributed by atoms with Gasteiger partial charge in [0.15, 0.2) is 5.65 Å². The first-order chi connectivity index (χ1) is 13.5. The quantitative estimate of drug-likeness (QED) is 0.634. The van der Waals surface area contributed by atoms with E-state index >= 15 is 0 Å². The molecule has 7 nitrogen and oxygen atoms in total. The van der Waals surface area contributed by atoms with Crippen molar-refractivity contribution in [2.45, 2.75) is 19.8 Å². The summed E-state index contributed by atoms with van der Waals surface area (Å²) in [6.07, 6.45) is 1.24. The lowest BCUT2D eigenvalue weighted by molar-refractivity contribution is -0.146. The number of carbonyl (C=O) groups is 2. The number of piperidine rings is 1. The van der Waals surface area contributed by atoms with E-state index in [1.807, 2.05) is 42.5 Å². The number of pyridine rings is 1. The molecular formula is C20H22N4O3S. The Morgan fingerprint density at radius 1 is 1.29 bits per heavy atom. The third kappa shape index (κ3) is 3.17. The molecule has 1 aliphatic rings. The number of likely N-dealkylation sites (tertiary alicyclic amines) is 1. The van der Waals surface area contributed by atoms with Crippen LogP contribution in [-0.2, 0) is 16.6 Å². The molecule has 4 rings (SSSR count). The van der Waals surface area contributed by atoms with Crippen LogP contribution in [0.1, 0.15) is 28.9 Å². The molecule has 1 amide bonds. The number of hydrogen-bond acceptors (Lipinski definition) is 6. The SMILES string of the molecule is COC(=O)C1CCN(C(=O)c2cc(-c3cccs3)nc3c2c(C)nn3C)CC1. The Morgan fingerprint density at radius 3 is 2.68 bits per heavy atom. The Hall–Kier alpha value is -2.74. The smallest absolute Gasteiger partial charge is 0.308 e. The number of aryl methyl sites for hydroxylation is 2. The van der Waals surface area contributed by atoms with E-state index in [0.717, 1.165) is 21.7 Å². The van der Waals surface area contributed by atoms with Crippen molar-refractivity contribution >= 4 is 34.2 Å². The first-order valence-electron chi connectivity index (χ1n) is 9.25. The summed E-state index contributed by atoms with van der Waals surface area (Å²) in [5, 5.41) is 7.26. The van der Waals surface area contributed by atoms with Gasteiger partial charge in [0.2, 0.25) is 0 Å². The van der Waals surface area contributed by atoms with Crippen LogP contribution in [0.4, 0.5) is 0 Å². The zero-order chi connectivity index (χ0) is 19.8. The largest absolute Gasteiger partial charge is 0.469 e. The monoisotopic (exact) mass is 398 g/mol. The fourth-order valence-electron chi connectivity index (χ4n) is 3.82. The van der Waals surface area contributed by atoms with E-state index in [9.17, 15) is 9.59 Å². The van der Waals surface area contributed by atoms with Gasteiger partial charge >= 0.3 is 5.97 Å². The zero-order valence-electron chi connectivity index (χ0n) is 16.1. The Bertz CT molecular complexity index is 1030. The van der Waals surface area contributed by atoms with Crippen LogP contribution in [0.15, 0.2) is 23.6 Å². The van der Waals surface area contributed by atoms with Crippen LogP contribution >= 0.6 is 11.3 Å². The molecule has 1 saturated heterocycles. The van der Waals surface area contributed by atoms with E-state index in [1.54, 1.807) is 16.0 Å². The molecule has 8 heteroatoms. The third-order valence-corrected chi connectivity index (χ3v) is 6.18. The molecule has 1 fully saturated rings. The van der Waals surface area contributed by atoms with E-state index in [-0.39, 0.29) is 17.8 Å². The summed E-state index contributed by atoms with van der Waals surface area (Å²) in [6, 6.07) is 5.84. The van der Waals surface area contributed by atoms with Crippen molar-refractivity contribution in [2.24, 2.45) is 13.0 Å². The minimum atomic E-state index is -0.193. The Balaban J connectivity index is 1.71. The summed E-state index contributed by atoms with van der Waals surface area (Å²) in [4.78, 5) is 32.7. The van der Waals surface area contributed by atoms with E-state index in [2.05, 4.69) is 5.10 Å². The third-order valence-electron chi connectivity index (χ3n) is 5.29. The van der Waals surface area contributed by atoms with Crippen LogP contribution in [-0.4, -0.2) is 51.7 Å². The van der Waals surface area contributed by atoms with Gasteiger partial charge in [0.1, 0.15) is 0 Å². The summed E-state index contributed by atoms with van der Waals surface area (Å²) < 4.78 is 6.57. The highest BCUT2D eigenvalue weighted by Gasteiger charge is 2.30. The lowest BCUT2D eigenvalue weighted by atomic mass is 9.96. The van der Waals surface area contributed by atoms with Crippen LogP contribution in [0.3, 0.4) is 0 Å². The van der Waals surface area contributed by atoms with Gasteiger partial charge in [-0.15, -0.1) is 11.3 Å². The summed E-state index contributed by atoms with van der Waals surface area (Å²) in [7, 11) is 3.25. The maximum absolute atomic E-state index is 13.4. The fourth-order valence-corrected chi connectivity index (χ4v) is 4.51. The molecule has 0 radical (unpaired) electrons. The first-order valence-corrected chi connectivity index (χ1v) is 10.1. The lowest BCUT2D eigenvalue weighted by Crippen LogP contribution is -2.40. The van der Waals surface area contributed by atoms with E-state index in [1.165, 1.54) is 7.11 Å². The van der Waals surface area contributed by atoms with Crippen molar-refractivity contribution in [3.63, 3.8) is 0 Å². The van der Waals surface area contributed by atoms with Crippen molar-refractivity contribution in [2.75, 3.05) is 20.2 Å². The van der Waals surface area contributed by atoms with Gasteiger partial charge in [0, 0.05) is 20.1 Å². The molecule has 4 heterocycles. The molecule has 3 aromatic heterocycles. The molecule has 0 bridgehead atoms. The van der Waals surface area contributed by atoms with Crippen LogP contribution < -0.4 is 0 Å². The van der Waals surface area contributed by atoms with Crippen molar-refractivity contribution in [3.8, 4) is 10.6 Å². The normalized spacial score (nSPS) is 15.2. The van der Waals surface area contributed by atoms with Crippen LogP contribution in [0.5, 0.6) is 0 Å². The number of aromatic nitrogens is 3. The van der Waals surface area contributed by atoms with Gasteiger partial charge in [-0.05, 0) is 37.3 Å². The molecule has 1 aliphatic heterocycles. The fraction of sp³-hybridized carbons (Fsp3) is 0.400.